The van der Waals surface area contributed by atoms with E-state index in [0.717, 1.165) is 38.2 Å². The summed E-state index contributed by atoms with van der Waals surface area (Å²) in [5, 5.41) is 0. The summed E-state index contributed by atoms with van der Waals surface area (Å²) < 4.78 is 234. The van der Waals surface area contributed by atoms with Gasteiger partial charge in [0.25, 0.3) is 0 Å². The van der Waals surface area contributed by atoms with Crippen LogP contribution in [0.25, 0.3) is 11.4 Å². The van der Waals surface area contributed by atoms with Crippen molar-refractivity contribution in [1.82, 2.24) is 9.97 Å². The molecular formula is C30H32F16N2O6. The summed E-state index contributed by atoms with van der Waals surface area (Å²) >= 11 is 0. The Labute approximate surface area is 296 Å². The Bertz CT molecular complexity index is 1430. The van der Waals surface area contributed by atoms with Gasteiger partial charge in [-0.05, 0) is 24.6 Å². The molecule has 0 aliphatic rings. The summed E-state index contributed by atoms with van der Waals surface area (Å²) in [4.78, 5) is 8.27. The van der Waals surface area contributed by atoms with Crippen LogP contribution in [0.3, 0.4) is 0 Å². The van der Waals surface area contributed by atoms with Gasteiger partial charge in [0.2, 0.25) is 0 Å². The third kappa shape index (κ3) is 12.9. The zero-order valence-corrected chi connectivity index (χ0v) is 27.8. The molecule has 1 aromatic carbocycles. The van der Waals surface area contributed by atoms with E-state index in [9.17, 15) is 70.2 Å². The maximum atomic E-state index is 14.5. The van der Waals surface area contributed by atoms with Crippen LogP contribution in [-0.4, -0.2) is 92.1 Å². The molecule has 0 unspecified atom stereocenters. The molecule has 0 bridgehead atoms. The van der Waals surface area contributed by atoms with Crippen molar-refractivity contribution < 1.29 is 98.7 Å². The third-order valence-corrected chi connectivity index (χ3v) is 6.70. The fourth-order valence-electron chi connectivity index (χ4n) is 3.91. The van der Waals surface area contributed by atoms with Crippen LogP contribution in [-0.2, 0) is 18.9 Å². The van der Waals surface area contributed by atoms with Crippen molar-refractivity contribution in [3.05, 3.63) is 36.4 Å². The number of aromatic nitrogens is 2. The summed E-state index contributed by atoms with van der Waals surface area (Å²) in [6.45, 7) is -2.04. The zero-order valence-electron chi connectivity index (χ0n) is 27.8. The van der Waals surface area contributed by atoms with Crippen LogP contribution < -0.4 is 9.47 Å². The highest BCUT2D eigenvalue weighted by molar-refractivity contribution is 5.56. The molecule has 0 aliphatic heterocycles. The fraction of sp³-hybridized carbons (Fsp3) is 0.667. The van der Waals surface area contributed by atoms with Gasteiger partial charge in [-0.25, -0.2) is 23.8 Å². The van der Waals surface area contributed by atoms with Gasteiger partial charge in [0.05, 0.1) is 38.8 Å². The lowest BCUT2D eigenvalue weighted by atomic mass is 10.1. The van der Waals surface area contributed by atoms with Crippen LogP contribution in [0, 0.1) is 5.82 Å². The maximum absolute atomic E-state index is 14.5. The molecule has 0 spiro atoms. The summed E-state index contributed by atoms with van der Waals surface area (Å²) in [5.74, 6) is -16.3. The summed E-state index contributed by atoms with van der Waals surface area (Å²) in [5.41, 5.74) is 0.288. The molecule has 0 atom stereocenters. The van der Waals surface area contributed by atoms with E-state index in [0.29, 0.717) is 12.4 Å². The minimum atomic E-state index is -7.95. The number of nitrogens with zero attached hydrogens (tertiary/aromatic N) is 2. The number of halogens is 16. The van der Waals surface area contributed by atoms with Crippen LogP contribution in [0.15, 0.2) is 30.6 Å². The lowest BCUT2D eigenvalue weighted by Gasteiger charge is -2.36. The van der Waals surface area contributed by atoms with Gasteiger partial charge in [-0.15, -0.1) is 0 Å². The summed E-state index contributed by atoms with van der Waals surface area (Å²) in [6, 6.07) is 3.73. The van der Waals surface area contributed by atoms with Crippen molar-refractivity contribution in [3.8, 4) is 22.9 Å². The Morgan fingerprint density at radius 2 is 1.13 bits per heavy atom. The smallest absolute Gasteiger partial charge is 0.460 e. The van der Waals surface area contributed by atoms with Gasteiger partial charge in [-0.3, -0.25) is 0 Å². The third-order valence-electron chi connectivity index (χ3n) is 6.70. The molecule has 1 aromatic heterocycles. The summed E-state index contributed by atoms with van der Waals surface area (Å²) in [7, 11) is 0. The highest BCUT2D eigenvalue weighted by Gasteiger charge is 2.85. The standard InChI is InChI=1S/C30H32F16N2O6/c1-2-3-4-5-6-7-10-51-20-16-47-23(48-17-20)19-8-9-22(21(31)15-19)52-14-13-49-11-12-50-18-24(32,33)53-29(43,44)30(45,46)54-28(41,42)26(36,37)25(34,35)27(38,39)40/h8-9,15-17H,2-7,10-14,18H2,1H3. The lowest BCUT2D eigenvalue weighted by molar-refractivity contribution is -0.543. The Hall–Kier alpha value is -3.38. The molecule has 0 radical (unpaired) electrons. The van der Waals surface area contributed by atoms with E-state index in [1.54, 1.807) is 4.74 Å². The molecule has 0 fully saturated rings. The first-order chi connectivity index (χ1) is 24.8. The molecular weight excluding hydrogens is 788 g/mol. The number of benzene rings is 1. The largest absolute Gasteiger partial charge is 0.490 e. The highest BCUT2D eigenvalue weighted by atomic mass is 19.4. The van der Waals surface area contributed by atoms with Gasteiger partial charge in [0.15, 0.2) is 23.1 Å². The second-order valence-electron chi connectivity index (χ2n) is 11.1. The van der Waals surface area contributed by atoms with Gasteiger partial charge >= 0.3 is 42.5 Å². The van der Waals surface area contributed by atoms with Crippen molar-refractivity contribution in [2.45, 2.75) is 87.9 Å². The van der Waals surface area contributed by atoms with Crippen LogP contribution in [0.5, 0.6) is 11.5 Å². The minimum absolute atomic E-state index is 0.177. The monoisotopic (exact) mass is 820 g/mol. The first-order valence-electron chi connectivity index (χ1n) is 15.6. The first kappa shape index (κ1) is 46.8. The van der Waals surface area contributed by atoms with Crippen molar-refractivity contribution in [2.24, 2.45) is 0 Å². The Kier molecular flexibility index (Phi) is 16.4. The Morgan fingerprint density at radius 1 is 0.574 bits per heavy atom. The van der Waals surface area contributed by atoms with Gasteiger partial charge in [0.1, 0.15) is 13.2 Å². The second-order valence-corrected chi connectivity index (χ2v) is 11.1. The van der Waals surface area contributed by atoms with Crippen molar-refractivity contribution >= 4 is 0 Å². The number of ether oxygens (including phenoxy) is 6. The lowest BCUT2D eigenvalue weighted by Crippen LogP contribution is -2.64. The molecule has 0 saturated heterocycles. The van der Waals surface area contributed by atoms with E-state index in [2.05, 4.69) is 26.4 Å². The van der Waals surface area contributed by atoms with E-state index < -0.39 is 68.1 Å². The van der Waals surface area contributed by atoms with Crippen molar-refractivity contribution in [3.63, 3.8) is 0 Å². The SMILES string of the molecule is CCCCCCCCOc1cnc(-c2ccc(OCCOCCOCC(F)(F)OC(F)(F)C(F)(F)OC(F)(F)C(F)(F)C(F)(F)C(F)(F)F)c(F)c2)nc1. The quantitative estimate of drug-likeness (QED) is 0.0724. The molecule has 54 heavy (non-hydrogen) atoms. The van der Waals surface area contributed by atoms with Crippen molar-refractivity contribution in [1.29, 1.82) is 0 Å². The van der Waals surface area contributed by atoms with Gasteiger partial charge in [-0.1, -0.05) is 39.0 Å². The number of hydrogen-bond acceptors (Lipinski definition) is 8. The van der Waals surface area contributed by atoms with E-state index in [4.69, 9.17) is 14.2 Å². The molecule has 0 saturated carbocycles. The average molecular weight is 821 g/mol. The van der Waals surface area contributed by atoms with Crippen LogP contribution in [0.1, 0.15) is 45.4 Å². The molecule has 0 amide bonds. The predicted molar refractivity (Wildman–Crippen MR) is 151 cm³/mol. The molecule has 310 valence electrons. The maximum Gasteiger partial charge on any atom is 0.460 e. The Balaban J connectivity index is 1.76. The van der Waals surface area contributed by atoms with Gasteiger partial charge in [0, 0.05) is 5.56 Å². The minimum Gasteiger partial charge on any atom is -0.490 e. The molecule has 0 aliphatic carbocycles. The Morgan fingerprint density at radius 3 is 1.72 bits per heavy atom. The predicted octanol–water partition coefficient (Wildman–Crippen LogP) is 9.67. The topological polar surface area (TPSA) is 81.2 Å². The van der Waals surface area contributed by atoms with E-state index in [1.165, 1.54) is 30.9 Å². The molecule has 8 nitrogen and oxygen atoms in total. The second kappa shape index (κ2) is 19.0. The van der Waals surface area contributed by atoms with E-state index in [-0.39, 0.29) is 30.4 Å². The van der Waals surface area contributed by atoms with Gasteiger partial charge in [-0.2, -0.15) is 65.9 Å². The number of hydrogen-bond donors (Lipinski definition) is 0. The number of alkyl halides is 15. The van der Waals surface area contributed by atoms with Gasteiger partial charge < -0.3 is 18.9 Å². The average Bonchev–Trinajstić information content (AvgIpc) is 3.04. The van der Waals surface area contributed by atoms with E-state index in [1.807, 2.05) is 0 Å². The number of rotatable bonds is 25. The van der Waals surface area contributed by atoms with Crippen LogP contribution in [0.4, 0.5) is 70.2 Å². The molecule has 0 N–H and O–H groups in total. The highest BCUT2D eigenvalue weighted by Crippen LogP contribution is 2.56. The molecule has 2 aromatic rings. The molecule has 1 heterocycles. The van der Waals surface area contributed by atoms with Crippen LogP contribution in [0.2, 0.25) is 0 Å². The normalized spacial score (nSPS) is 13.7. The van der Waals surface area contributed by atoms with Crippen LogP contribution >= 0.6 is 0 Å². The first-order valence-corrected chi connectivity index (χ1v) is 15.6. The fourth-order valence-corrected chi connectivity index (χ4v) is 3.91. The molecule has 24 heteroatoms. The summed E-state index contributed by atoms with van der Waals surface area (Å²) in [6.07, 6.45) is -25.9. The number of unbranched alkanes of at least 4 members (excludes halogenated alkanes) is 5. The zero-order chi connectivity index (χ0) is 41.1. The van der Waals surface area contributed by atoms with Crippen molar-refractivity contribution in [2.75, 3.05) is 39.6 Å². The molecule has 2 rings (SSSR count). The van der Waals surface area contributed by atoms with E-state index >= 15 is 0 Å².